The van der Waals surface area contributed by atoms with Gasteiger partial charge in [0, 0.05) is 23.3 Å². The zero-order valence-electron chi connectivity index (χ0n) is 18.5. The number of para-hydroxylation sites is 1. The highest BCUT2D eigenvalue weighted by Gasteiger charge is 2.14. The van der Waals surface area contributed by atoms with Crippen molar-refractivity contribution in [3.05, 3.63) is 81.0 Å². The van der Waals surface area contributed by atoms with E-state index in [-0.39, 0.29) is 22.3 Å². The fourth-order valence-corrected chi connectivity index (χ4v) is 4.07. The molecule has 0 aliphatic heterocycles. The summed E-state index contributed by atoms with van der Waals surface area (Å²) in [5.74, 6) is 0.458. The lowest BCUT2D eigenvalue weighted by molar-refractivity contribution is 0.340. The van der Waals surface area contributed by atoms with Crippen molar-refractivity contribution in [2.45, 2.75) is 32.7 Å². The van der Waals surface area contributed by atoms with Crippen LogP contribution in [0, 0.1) is 4.77 Å². The average molecular weight is 463 g/mol. The summed E-state index contributed by atoms with van der Waals surface area (Å²) in [6, 6.07) is 15.2. The van der Waals surface area contributed by atoms with Gasteiger partial charge in [0.05, 0.1) is 18.3 Å². The smallest absolute Gasteiger partial charge is 0.264 e. The molecule has 4 aromatic rings. The van der Waals surface area contributed by atoms with E-state index in [4.69, 9.17) is 17.0 Å². The molecular weight excluding hydrogens is 436 g/mol. The predicted octanol–water partition coefficient (Wildman–Crippen LogP) is 4.92. The molecule has 4 rings (SSSR count). The summed E-state index contributed by atoms with van der Waals surface area (Å²) in [5, 5.41) is 12.1. The molecule has 2 aromatic heterocycles. The Balaban J connectivity index is 1.64. The van der Waals surface area contributed by atoms with E-state index in [0.29, 0.717) is 24.5 Å². The summed E-state index contributed by atoms with van der Waals surface area (Å²) in [6.45, 7) is 4.51. The molecule has 0 aliphatic carbocycles. The van der Waals surface area contributed by atoms with Gasteiger partial charge in [0.25, 0.3) is 5.56 Å². The molecule has 0 aliphatic rings. The van der Waals surface area contributed by atoms with Crippen LogP contribution in [0.15, 0.2) is 64.5 Å². The predicted molar refractivity (Wildman–Crippen MR) is 134 cm³/mol. The fourth-order valence-electron chi connectivity index (χ4n) is 3.79. The molecule has 2 aromatic carbocycles. The van der Waals surface area contributed by atoms with Crippen LogP contribution in [0.1, 0.15) is 31.4 Å². The Morgan fingerprint density at radius 1 is 1.18 bits per heavy atom. The Hall–Kier alpha value is -3.65. The van der Waals surface area contributed by atoms with Crippen LogP contribution < -0.4 is 10.3 Å². The number of nitrogens with zero attached hydrogens (tertiary/aromatic N) is 2. The summed E-state index contributed by atoms with van der Waals surface area (Å²) < 4.78 is 6.98. The van der Waals surface area contributed by atoms with E-state index in [9.17, 15) is 9.90 Å². The van der Waals surface area contributed by atoms with E-state index in [0.717, 1.165) is 22.9 Å². The highest BCUT2D eigenvalue weighted by molar-refractivity contribution is 7.71. The number of aromatic hydroxyl groups is 1. The topological polar surface area (TPSA) is 95.4 Å². The van der Waals surface area contributed by atoms with Crippen LogP contribution in [0.2, 0.25) is 0 Å². The van der Waals surface area contributed by atoms with Crippen molar-refractivity contribution in [1.29, 1.82) is 0 Å². The van der Waals surface area contributed by atoms with Gasteiger partial charge in [-0.25, -0.2) is 0 Å². The molecule has 7 nitrogen and oxygen atoms in total. The zero-order chi connectivity index (χ0) is 23.4. The van der Waals surface area contributed by atoms with E-state index < -0.39 is 5.56 Å². The van der Waals surface area contributed by atoms with Gasteiger partial charge in [-0.2, -0.15) is 0 Å². The monoisotopic (exact) mass is 462 g/mol. The fraction of sp³-hybridized carbons (Fsp3) is 0.240. The van der Waals surface area contributed by atoms with Crippen molar-refractivity contribution in [2.75, 3.05) is 6.61 Å². The third-order valence-electron chi connectivity index (χ3n) is 5.54. The van der Waals surface area contributed by atoms with Gasteiger partial charge in [0.1, 0.15) is 11.3 Å². The molecule has 0 fully saturated rings. The molecule has 3 N–H and O–H groups in total. The minimum atomic E-state index is -0.481. The van der Waals surface area contributed by atoms with Crippen molar-refractivity contribution in [3.63, 3.8) is 0 Å². The lowest BCUT2D eigenvalue weighted by Gasteiger charge is -2.13. The molecule has 0 radical (unpaired) electrons. The number of aromatic nitrogens is 3. The number of rotatable bonds is 8. The lowest BCUT2D eigenvalue weighted by atomic mass is 10.0. The van der Waals surface area contributed by atoms with Crippen LogP contribution in [-0.4, -0.2) is 38.5 Å². The SMILES string of the molecule is CCOc1ccc(-n2c(O)c(C=NC(CC)Cc3c[nH]c4ccccc34)c(=O)[nH]c2=S)cc1. The van der Waals surface area contributed by atoms with Crippen molar-refractivity contribution >= 4 is 29.3 Å². The van der Waals surface area contributed by atoms with Gasteiger partial charge < -0.3 is 14.8 Å². The number of benzene rings is 2. The maximum atomic E-state index is 12.6. The highest BCUT2D eigenvalue weighted by Crippen LogP contribution is 2.23. The number of nitrogens with one attached hydrogen (secondary N) is 2. The van der Waals surface area contributed by atoms with Gasteiger partial charge in [-0.3, -0.25) is 19.3 Å². The summed E-state index contributed by atoms with van der Waals surface area (Å²) in [5.41, 5.74) is 2.44. The van der Waals surface area contributed by atoms with Gasteiger partial charge in [-0.15, -0.1) is 0 Å². The van der Waals surface area contributed by atoms with Crippen molar-refractivity contribution in [1.82, 2.24) is 14.5 Å². The highest BCUT2D eigenvalue weighted by atomic mass is 32.1. The van der Waals surface area contributed by atoms with E-state index >= 15 is 0 Å². The molecule has 0 saturated heterocycles. The minimum absolute atomic E-state index is 0.0508. The number of H-pyrrole nitrogens is 2. The first-order chi connectivity index (χ1) is 16.0. The van der Waals surface area contributed by atoms with Crippen molar-refractivity contribution in [3.8, 4) is 17.3 Å². The van der Waals surface area contributed by atoms with Crippen LogP contribution in [0.4, 0.5) is 0 Å². The van der Waals surface area contributed by atoms with Crippen LogP contribution in [-0.2, 0) is 6.42 Å². The summed E-state index contributed by atoms with van der Waals surface area (Å²) >= 11 is 5.30. The van der Waals surface area contributed by atoms with Gasteiger partial charge in [-0.1, -0.05) is 25.1 Å². The van der Waals surface area contributed by atoms with Gasteiger partial charge in [0.2, 0.25) is 5.88 Å². The van der Waals surface area contributed by atoms with Crippen molar-refractivity contribution in [2.24, 2.45) is 4.99 Å². The van der Waals surface area contributed by atoms with Crippen LogP contribution in [0.25, 0.3) is 16.6 Å². The van der Waals surface area contributed by atoms with Gasteiger partial charge in [0.15, 0.2) is 4.77 Å². The Labute approximate surface area is 196 Å². The quantitative estimate of drug-likeness (QED) is 0.256. The van der Waals surface area contributed by atoms with Crippen LogP contribution >= 0.6 is 12.2 Å². The van der Waals surface area contributed by atoms with E-state index in [1.54, 1.807) is 24.3 Å². The Morgan fingerprint density at radius 3 is 2.67 bits per heavy atom. The van der Waals surface area contributed by atoms with Gasteiger partial charge >= 0.3 is 0 Å². The second kappa shape index (κ2) is 9.87. The molecule has 1 unspecified atom stereocenters. The number of hydrogen-bond donors (Lipinski definition) is 3. The standard InChI is InChI=1S/C25H26N4O3S/c1-3-17(13-16-14-27-22-8-6-5-7-20(16)22)26-15-21-23(30)28-25(33)29(24(21)31)18-9-11-19(12-10-18)32-4-2/h5-12,14-15,17,27,31H,3-4,13H2,1-2H3,(H,28,30,33). The minimum Gasteiger partial charge on any atom is -0.494 e. The maximum Gasteiger partial charge on any atom is 0.264 e. The molecule has 0 spiro atoms. The average Bonchev–Trinajstić information content (AvgIpc) is 3.22. The lowest BCUT2D eigenvalue weighted by Crippen LogP contribution is -2.19. The normalized spacial score (nSPS) is 12.4. The Kier molecular flexibility index (Phi) is 6.74. The zero-order valence-corrected chi connectivity index (χ0v) is 19.4. The number of aromatic amines is 2. The third-order valence-corrected chi connectivity index (χ3v) is 5.83. The first-order valence-corrected chi connectivity index (χ1v) is 11.3. The molecule has 0 saturated carbocycles. The second-order valence-corrected chi connectivity index (χ2v) is 8.05. The summed E-state index contributed by atoms with van der Waals surface area (Å²) in [7, 11) is 0. The molecule has 170 valence electrons. The van der Waals surface area contributed by atoms with Crippen LogP contribution in [0.5, 0.6) is 11.6 Å². The molecule has 0 amide bonds. The Morgan fingerprint density at radius 2 is 1.94 bits per heavy atom. The molecule has 1 atom stereocenters. The maximum absolute atomic E-state index is 12.6. The summed E-state index contributed by atoms with van der Waals surface area (Å²) in [6.07, 6.45) is 4.94. The van der Waals surface area contributed by atoms with Crippen LogP contribution in [0.3, 0.4) is 0 Å². The number of hydrogen-bond acceptors (Lipinski definition) is 5. The molecule has 2 heterocycles. The molecule has 8 heteroatoms. The number of fused-ring (bicyclic) bond motifs is 1. The summed E-state index contributed by atoms with van der Waals surface area (Å²) in [4.78, 5) is 23.1. The first-order valence-electron chi connectivity index (χ1n) is 10.9. The third kappa shape index (κ3) is 4.75. The Bertz CT molecular complexity index is 1400. The first kappa shape index (κ1) is 22.5. The van der Waals surface area contributed by atoms with E-state index in [1.807, 2.05) is 38.2 Å². The largest absolute Gasteiger partial charge is 0.494 e. The number of aliphatic imine (C=N–C) groups is 1. The van der Waals surface area contributed by atoms with E-state index in [2.05, 4.69) is 21.0 Å². The second-order valence-electron chi connectivity index (χ2n) is 7.66. The number of ether oxygens (including phenoxy) is 1. The molecule has 0 bridgehead atoms. The van der Waals surface area contributed by atoms with E-state index in [1.165, 1.54) is 10.8 Å². The molecule has 33 heavy (non-hydrogen) atoms. The molecular formula is C25H26N4O3S. The van der Waals surface area contributed by atoms with Gasteiger partial charge in [-0.05, 0) is 67.9 Å². The van der Waals surface area contributed by atoms with Crippen molar-refractivity contribution < 1.29 is 9.84 Å².